The first-order valence-corrected chi connectivity index (χ1v) is 7.97. The third-order valence-electron chi connectivity index (χ3n) is 2.82. The second kappa shape index (κ2) is 7.98. The van der Waals surface area contributed by atoms with Gasteiger partial charge in [-0.15, -0.1) is 0 Å². The molecule has 1 aromatic carbocycles. The quantitative estimate of drug-likeness (QED) is 0.471. The number of benzene rings is 1. The lowest BCUT2D eigenvalue weighted by Gasteiger charge is -2.17. The molecule has 0 aliphatic heterocycles. The van der Waals surface area contributed by atoms with Gasteiger partial charge in [0, 0.05) is 7.05 Å². The zero-order chi connectivity index (χ0) is 15.0. The van der Waals surface area contributed by atoms with E-state index in [1.54, 1.807) is 7.05 Å². The van der Waals surface area contributed by atoms with E-state index in [4.69, 9.17) is 4.55 Å². The summed E-state index contributed by atoms with van der Waals surface area (Å²) in [4.78, 5) is 11.8. The maximum Gasteiger partial charge on any atom is 0.264 e. The van der Waals surface area contributed by atoms with Gasteiger partial charge in [-0.3, -0.25) is 9.35 Å². The molecule has 0 spiro atoms. The van der Waals surface area contributed by atoms with E-state index in [9.17, 15) is 13.2 Å². The zero-order valence-corrected chi connectivity index (χ0v) is 12.2. The maximum atomic E-state index is 11.8. The molecule has 0 fully saturated rings. The van der Waals surface area contributed by atoms with Crippen molar-refractivity contribution in [3.05, 3.63) is 35.9 Å². The van der Waals surface area contributed by atoms with Crippen LogP contribution in [-0.4, -0.2) is 44.3 Å². The smallest absolute Gasteiger partial charge is 0.264 e. The Bertz CT molecular complexity index is 516. The summed E-state index contributed by atoms with van der Waals surface area (Å²) in [6.45, 7) is 0.338. The van der Waals surface area contributed by atoms with E-state index in [1.165, 1.54) is 0 Å². The minimum atomic E-state index is -3.95. The summed E-state index contributed by atoms with van der Waals surface area (Å²) < 4.78 is 29.8. The highest BCUT2D eigenvalue weighted by Crippen LogP contribution is 2.03. The third kappa shape index (κ3) is 6.65. The summed E-state index contributed by atoms with van der Waals surface area (Å²) >= 11 is 0. The molecule has 0 aliphatic carbocycles. The topological polar surface area (TPSA) is 95.5 Å². The Morgan fingerprint density at radius 3 is 2.50 bits per heavy atom. The molecule has 0 aliphatic rings. The Balaban J connectivity index is 2.51. The summed E-state index contributed by atoms with van der Waals surface area (Å²) in [5.74, 6) is -0.466. The second-order valence-corrected chi connectivity index (χ2v) is 6.02. The molecule has 1 rings (SSSR count). The largest absolute Gasteiger partial charge is 0.358 e. The molecule has 3 N–H and O–H groups in total. The predicted molar refractivity (Wildman–Crippen MR) is 77.0 cm³/mol. The highest BCUT2D eigenvalue weighted by atomic mass is 32.2. The van der Waals surface area contributed by atoms with Gasteiger partial charge < -0.3 is 10.6 Å². The molecule has 0 saturated carbocycles. The predicted octanol–water partition coefficient (Wildman–Crippen LogP) is 0.211. The lowest BCUT2D eigenvalue weighted by molar-refractivity contribution is -0.122. The number of amides is 1. The SMILES string of the molecule is CNC(=O)[C@H](Cc1ccccc1)NCCCS(=O)(=O)O. The van der Waals surface area contributed by atoms with Gasteiger partial charge in [0.1, 0.15) is 0 Å². The van der Waals surface area contributed by atoms with Crippen molar-refractivity contribution >= 4 is 16.0 Å². The molecule has 20 heavy (non-hydrogen) atoms. The van der Waals surface area contributed by atoms with Crippen LogP contribution in [0.3, 0.4) is 0 Å². The Morgan fingerprint density at radius 1 is 1.30 bits per heavy atom. The van der Waals surface area contributed by atoms with E-state index in [2.05, 4.69) is 10.6 Å². The lowest BCUT2D eigenvalue weighted by Crippen LogP contribution is -2.45. The van der Waals surface area contributed by atoms with Crippen molar-refractivity contribution in [1.82, 2.24) is 10.6 Å². The summed E-state index contributed by atoms with van der Waals surface area (Å²) in [5.41, 5.74) is 1.02. The Morgan fingerprint density at radius 2 is 1.95 bits per heavy atom. The van der Waals surface area contributed by atoms with E-state index in [0.29, 0.717) is 13.0 Å². The molecule has 0 bridgehead atoms. The van der Waals surface area contributed by atoms with Crippen molar-refractivity contribution in [2.45, 2.75) is 18.9 Å². The van der Waals surface area contributed by atoms with E-state index in [0.717, 1.165) is 5.56 Å². The number of hydrogen-bond acceptors (Lipinski definition) is 4. The van der Waals surface area contributed by atoms with Crippen LogP contribution in [0.5, 0.6) is 0 Å². The molecule has 1 aromatic rings. The molecule has 1 atom stereocenters. The highest BCUT2D eigenvalue weighted by Gasteiger charge is 2.17. The highest BCUT2D eigenvalue weighted by molar-refractivity contribution is 7.85. The summed E-state index contributed by atoms with van der Waals surface area (Å²) in [5, 5.41) is 5.58. The molecule has 112 valence electrons. The van der Waals surface area contributed by atoms with E-state index < -0.39 is 16.2 Å². The third-order valence-corrected chi connectivity index (χ3v) is 3.62. The fourth-order valence-corrected chi connectivity index (χ4v) is 2.32. The van der Waals surface area contributed by atoms with Gasteiger partial charge in [0.15, 0.2) is 0 Å². The Kier molecular flexibility index (Phi) is 6.63. The number of rotatable bonds is 8. The van der Waals surface area contributed by atoms with Crippen molar-refractivity contribution in [2.75, 3.05) is 19.3 Å². The zero-order valence-electron chi connectivity index (χ0n) is 11.4. The normalized spacial score (nSPS) is 12.9. The van der Waals surface area contributed by atoms with Crippen LogP contribution in [0.15, 0.2) is 30.3 Å². The first kappa shape index (κ1) is 16.6. The van der Waals surface area contributed by atoms with Crippen molar-refractivity contribution in [1.29, 1.82) is 0 Å². The lowest BCUT2D eigenvalue weighted by atomic mass is 10.1. The molecule has 0 saturated heterocycles. The second-order valence-electron chi connectivity index (χ2n) is 4.45. The van der Waals surface area contributed by atoms with Gasteiger partial charge in [-0.25, -0.2) is 0 Å². The molecule has 0 aromatic heterocycles. The molecule has 1 amide bonds. The van der Waals surface area contributed by atoms with Gasteiger partial charge in [0.2, 0.25) is 5.91 Å². The number of nitrogens with one attached hydrogen (secondary N) is 2. The van der Waals surface area contributed by atoms with Gasteiger partial charge in [0.05, 0.1) is 11.8 Å². The first-order valence-electron chi connectivity index (χ1n) is 6.36. The number of likely N-dealkylation sites (N-methyl/N-ethyl adjacent to an activating group) is 1. The summed E-state index contributed by atoms with van der Waals surface area (Å²) in [7, 11) is -2.39. The van der Waals surface area contributed by atoms with Crippen molar-refractivity contribution < 1.29 is 17.8 Å². The monoisotopic (exact) mass is 300 g/mol. The van der Waals surface area contributed by atoms with E-state index in [-0.39, 0.29) is 18.1 Å². The fourth-order valence-electron chi connectivity index (χ4n) is 1.81. The average molecular weight is 300 g/mol. The van der Waals surface area contributed by atoms with E-state index in [1.807, 2.05) is 30.3 Å². The van der Waals surface area contributed by atoms with Gasteiger partial charge in [-0.05, 0) is 24.9 Å². The summed E-state index contributed by atoms with van der Waals surface area (Å²) in [6.07, 6.45) is 0.771. The number of carbonyl (C=O) groups excluding carboxylic acids is 1. The first-order chi connectivity index (χ1) is 9.42. The van der Waals surface area contributed by atoms with Gasteiger partial charge >= 0.3 is 0 Å². The number of carbonyl (C=O) groups is 1. The van der Waals surface area contributed by atoms with Crippen LogP contribution in [0.1, 0.15) is 12.0 Å². The van der Waals surface area contributed by atoms with Crippen LogP contribution in [-0.2, 0) is 21.3 Å². The fraction of sp³-hybridized carbons (Fsp3) is 0.462. The minimum absolute atomic E-state index is 0.152. The van der Waals surface area contributed by atoms with Crippen LogP contribution < -0.4 is 10.6 Å². The van der Waals surface area contributed by atoms with Crippen LogP contribution in [0.25, 0.3) is 0 Å². The van der Waals surface area contributed by atoms with E-state index >= 15 is 0 Å². The van der Waals surface area contributed by atoms with Crippen molar-refractivity contribution in [3.8, 4) is 0 Å². The summed E-state index contributed by atoms with van der Waals surface area (Å²) in [6, 6.07) is 9.12. The standard InChI is InChI=1S/C13H20N2O4S/c1-14-13(16)12(10-11-6-3-2-4-7-11)15-8-5-9-20(17,18)19/h2-4,6-7,12,15H,5,8-10H2,1H3,(H,14,16)(H,17,18,19)/t12-/m0/s1. The maximum absolute atomic E-state index is 11.8. The molecule has 0 unspecified atom stereocenters. The molecular weight excluding hydrogens is 280 g/mol. The molecule has 7 heteroatoms. The van der Waals surface area contributed by atoms with Crippen LogP contribution in [0.2, 0.25) is 0 Å². The molecular formula is C13H20N2O4S. The Hall–Kier alpha value is -1.44. The van der Waals surface area contributed by atoms with Crippen molar-refractivity contribution in [3.63, 3.8) is 0 Å². The molecule has 0 radical (unpaired) electrons. The van der Waals surface area contributed by atoms with Gasteiger partial charge in [0.25, 0.3) is 10.1 Å². The van der Waals surface area contributed by atoms with Crippen molar-refractivity contribution in [2.24, 2.45) is 0 Å². The minimum Gasteiger partial charge on any atom is -0.358 e. The van der Waals surface area contributed by atoms with Gasteiger partial charge in [-0.1, -0.05) is 30.3 Å². The number of hydrogen-bond donors (Lipinski definition) is 3. The Labute approximate surface area is 119 Å². The molecule has 6 nitrogen and oxygen atoms in total. The van der Waals surface area contributed by atoms with Crippen LogP contribution >= 0.6 is 0 Å². The van der Waals surface area contributed by atoms with Gasteiger partial charge in [-0.2, -0.15) is 8.42 Å². The van der Waals surface area contributed by atoms with Crippen LogP contribution in [0, 0.1) is 0 Å². The van der Waals surface area contributed by atoms with Crippen LogP contribution in [0.4, 0.5) is 0 Å². The molecule has 0 heterocycles. The average Bonchev–Trinajstić information content (AvgIpc) is 2.41.